The van der Waals surface area contributed by atoms with Gasteiger partial charge in [-0.05, 0) is 6.42 Å². The minimum Gasteiger partial charge on any atom is -0.328 e. The maximum absolute atomic E-state index is 9.16. The Morgan fingerprint density at radius 2 is 0.920 bits per heavy atom. The molecule has 0 rings (SSSR count). The van der Waals surface area contributed by atoms with Gasteiger partial charge in [0.15, 0.2) is 0 Å². The van der Waals surface area contributed by atoms with E-state index in [4.69, 9.17) is 19.2 Å². The van der Waals surface area contributed by atoms with Crippen LogP contribution in [0.1, 0.15) is 110 Å². The van der Waals surface area contributed by atoms with Crippen molar-refractivity contribution < 1.29 is 23.5 Å². The molecule has 0 amide bonds. The van der Waals surface area contributed by atoms with Gasteiger partial charge in [0.2, 0.25) is 0 Å². The summed E-state index contributed by atoms with van der Waals surface area (Å²) in [6.07, 6.45) is 21.1. The van der Waals surface area contributed by atoms with Gasteiger partial charge in [0.25, 0.3) is 0 Å². The molecule has 0 spiro atoms. The van der Waals surface area contributed by atoms with E-state index in [9.17, 15) is 0 Å². The predicted octanol–water partition coefficient (Wildman–Crippen LogP) is 6.71. The van der Waals surface area contributed by atoms with E-state index in [0.717, 1.165) is 12.8 Å². The first-order chi connectivity index (χ1) is 12.2. The molecule has 0 heterocycles. The molecule has 0 saturated carbocycles. The van der Waals surface area contributed by atoms with Crippen LogP contribution in [0.5, 0.6) is 0 Å². The Kier molecular flexibility index (Phi) is 21.5. The Hall–Kier alpha value is 0.660. The Balaban J connectivity index is 3.05. The Bertz CT molecular complexity index is 258. The van der Waals surface area contributed by atoms with E-state index in [0.29, 0.717) is 6.61 Å². The van der Waals surface area contributed by atoms with Crippen molar-refractivity contribution in [2.24, 2.45) is 0 Å². The highest BCUT2D eigenvalue weighted by Crippen LogP contribution is 2.46. The Labute approximate surface area is 157 Å². The average Bonchev–Trinajstić information content (AvgIpc) is 2.57. The second-order valence-electron chi connectivity index (χ2n) is 6.71. The molecule has 1 unspecified atom stereocenters. The van der Waals surface area contributed by atoms with Gasteiger partial charge in [0, 0.05) is 0 Å². The molecular weight excluding hydrogens is 358 g/mol. The largest absolute Gasteiger partial charge is 0.337 e. The summed E-state index contributed by atoms with van der Waals surface area (Å²) in [4.78, 5) is 26.2. The second kappa shape index (κ2) is 21.0. The lowest BCUT2D eigenvalue weighted by atomic mass is 10.0. The smallest absolute Gasteiger partial charge is 0.328 e. The van der Waals surface area contributed by atoms with Crippen molar-refractivity contribution in [3.8, 4) is 0 Å². The van der Waals surface area contributed by atoms with Crippen LogP contribution in [0.4, 0.5) is 0 Å². The number of rotatable bonds is 20. The molecule has 0 fully saturated rings. The Morgan fingerprint density at radius 1 is 0.560 bits per heavy atom. The zero-order chi connectivity index (χ0) is 18.6. The van der Waals surface area contributed by atoms with Crippen molar-refractivity contribution in [2.75, 3.05) is 6.61 Å². The molecular formula is C18H40O5P2. The number of hydrogen-bond donors (Lipinski definition) is 3. The highest BCUT2D eigenvalue weighted by Gasteiger charge is 2.12. The average molecular weight is 398 g/mol. The maximum Gasteiger partial charge on any atom is 0.337 e. The second-order valence-corrected chi connectivity index (χ2v) is 8.60. The van der Waals surface area contributed by atoms with Crippen molar-refractivity contribution in [1.29, 1.82) is 0 Å². The van der Waals surface area contributed by atoms with E-state index in [2.05, 4.69) is 11.2 Å². The predicted molar refractivity (Wildman–Crippen MR) is 107 cm³/mol. The van der Waals surface area contributed by atoms with Crippen molar-refractivity contribution in [1.82, 2.24) is 0 Å². The lowest BCUT2D eigenvalue weighted by Crippen LogP contribution is -1.91. The standard InChI is InChI=1S/C18H40O5P2/c1-2-3-4-5-6-7-8-9-10-11-12-13-14-15-16-17-18-22-25(21)23-24(19)20/h19-21H,2-18H2,1H3. The molecule has 0 radical (unpaired) electrons. The van der Waals surface area contributed by atoms with Gasteiger partial charge >= 0.3 is 17.2 Å². The van der Waals surface area contributed by atoms with Gasteiger partial charge in [-0.3, -0.25) is 0 Å². The van der Waals surface area contributed by atoms with Gasteiger partial charge in [-0.2, -0.15) is 0 Å². The summed E-state index contributed by atoms with van der Waals surface area (Å²) >= 11 is 0. The van der Waals surface area contributed by atoms with Crippen LogP contribution in [0.2, 0.25) is 0 Å². The monoisotopic (exact) mass is 398 g/mol. The van der Waals surface area contributed by atoms with Crippen molar-refractivity contribution in [3.05, 3.63) is 0 Å². The molecule has 25 heavy (non-hydrogen) atoms. The summed E-state index contributed by atoms with van der Waals surface area (Å²) in [5, 5.41) is 0. The summed E-state index contributed by atoms with van der Waals surface area (Å²) in [6.45, 7) is 2.67. The van der Waals surface area contributed by atoms with Gasteiger partial charge in [0.05, 0.1) is 6.61 Å². The molecule has 0 saturated heterocycles. The third-order valence-electron chi connectivity index (χ3n) is 4.34. The third kappa shape index (κ3) is 22.6. The van der Waals surface area contributed by atoms with Crippen LogP contribution in [0.3, 0.4) is 0 Å². The highest BCUT2D eigenvalue weighted by molar-refractivity contribution is 7.54. The van der Waals surface area contributed by atoms with Gasteiger partial charge in [-0.1, -0.05) is 103 Å². The van der Waals surface area contributed by atoms with Gasteiger partial charge < -0.3 is 19.2 Å². The van der Waals surface area contributed by atoms with Crippen LogP contribution in [0, 0.1) is 0 Å². The molecule has 0 aliphatic carbocycles. The van der Waals surface area contributed by atoms with E-state index >= 15 is 0 Å². The molecule has 5 nitrogen and oxygen atoms in total. The molecule has 0 aromatic heterocycles. The molecule has 3 N–H and O–H groups in total. The molecule has 0 bridgehead atoms. The van der Waals surface area contributed by atoms with E-state index in [-0.39, 0.29) is 0 Å². The molecule has 0 aliphatic heterocycles. The zero-order valence-corrected chi connectivity index (χ0v) is 17.9. The summed E-state index contributed by atoms with van der Waals surface area (Å²) in [5.41, 5.74) is 0. The van der Waals surface area contributed by atoms with Crippen molar-refractivity contribution in [3.63, 3.8) is 0 Å². The van der Waals surface area contributed by atoms with E-state index < -0.39 is 17.2 Å². The van der Waals surface area contributed by atoms with Crippen LogP contribution in [-0.4, -0.2) is 21.3 Å². The fraction of sp³-hybridized carbons (Fsp3) is 1.00. The fourth-order valence-electron chi connectivity index (χ4n) is 2.88. The van der Waals surface area contributed by atoms with Crippen LogP contribution < -0.4 is 0 Å². The first kappa shape index (κ1) is 25.7. The molecule has 1 atom stereocenters. The van der Waals surface area contributed by atoms with Crippen molar-refractivity contribution in [2.45, 2.75) is 110 Å². The lowest BCUT2D eigenvalue weighted by Gasteiger charge is -2.10. The molecule has 0 aromatic rings. The molecule has 7 heteroatoms. The lowest BCUT2D eigenvalue weighted by molar-refractivity contribution is 0.242. The van der Waals surface area contributed by atoms with Crippen molar-refractivity contribution >= 4 is 17.2 Å². The van der Waals surface area contributed by atoms with E-state index in [1.807, 2.05) is 0 Å². The zero-order valence-electron chi connectivity index (χ0n) is 16.1. The van der Waals surface area contributed by atoms with Crippen LogP contribution in [-0.2, 0) is 8.83 Å². The van der Waals surface area contributed by atoms with Gasteiger partial charge in [0.1, 0.15) is 0 Å². The molecule has 0 aromatic carbocycles. The Morgan fingerprint density at radius 3 is 1.28 bits per heavy atom. The fourth-order valence-corrected chi connectivity index (χ4v) is 3.85. The van der Waals surface area contributed by atoms with Crippen LogP contribution in [0.25, 0.3) is 0 Å². The first-order valence-electron chi connectivity index (χ1n) is 10.1. The minimum absolute atomic E-state index is 0.407. The molecule has 0 aliphatic rings. The maximum atomic E-state index is 9.16. The summed E-state index contributed by atoms with van der Waals surface area (Å²) < 4.78 is 9.32. The normalized spacial score (nSPS) is 12.8. The van der Waals surface area contributed by atoms with Crippen LogP contribution >= 0.6 is 17.2 Å². The summed E-state index contributed by atoms with van der Waals surface area (Å²) in [6, 6.07) is 0. The highest BCUT2D eigenvalue weighted by atomic mass is 31.2. The number of hydrogen-bond acceptors (Lipinski definition) is 5. The van der Waals surface area contributed by atoms with Crippen LogP contribution in [0.15, 0.2) is 0 Å². The topological polar surface area (TPSA) is 79.2 Å². The first-order valence-corrected chi connectivity index (χ1v) is 12.4. The quantitative estimate of drug-likeness (QED) is 0.157. The third-order valence-corrected chi connectivity index (χ3v) is 5.89. The number of unbranched alkanes of at least 4 members (excludes halogenated alkanes) is 15. The summed E-state index contributed by atoms with van der Waals surface area (Å²) in [7, 11) is -4.67. The minimum atomic E-state index is -2.53. The summed E-state index contributed by atoms with van der Waals surface area (Å²) in [5.74, 6) is 0. The van der Waals surface area contributed by atoms with Gasteiger partial charge in [-0.25, -0.2) is 4.31 Å². The van der Waals surface area contributed by atoms with Gasteiger partial charge in [-0.15, -0.1) is 0 Å². The van der Waals surface area contributed by atoms with E-state index in [1.165, 1.54) is 89.9 Å². The molecule has 152 valence electrons. The van der Waals surface area contributed by atoms with E-state index in [1.54, 1.807) is 0 Å². The SMILES string of the molecule is CCCCCCCCCCCCCCCCCCOP(O)OP(O)O.